The van der Waals surface area contributed by atoms with Gasteiger partial charge in [-0.25, -0.2) is 4.39 Å². The standard InChI is InChI=1S/C18H19FN2O3/c1-2-13-5-9-16(10-6-13)24-12-18(23)21-20-17(22)11-14-3-7-15(19)8-4-14/h3-10H,2,11-12H2,1H3,(H,20,22)(H,21,23). The number of halogens is 1. The second-order valence-electron chi connectivity index (χ2n) is 5.19. The number of ether oxygens (including phenoxy) is 1. The molecule has 0 aliphatic carbocycles. The molecule has 0 fully saturated rings. The lowest BCUT2D eigenvalue weighted by Gasteiger charge is -2.09. The molecule has 24 heavy (non-hydrogen) atoms. The van der Waals surface area contributed by atoms with Gasteiger partial charge in [0.25, 0.3) is 5.91 Å². The first-order valence-electron chi connectivity index (χ1n) is 7.60. The summed E-state index contributed by atoms with van der Waals surface area (Å²) in [6, 6.07) is 13.0. The Morgan fingerprint density at radius 2 is 1.50 bits per heavy atom. The van der Waals surface area contributed by atoms with E-state index in [4.69, 9.17) is 4.74 Å². The van der Waals surface area contributed by atoms with Gasteiger partial charge in [0.2, 0.25) is 5.91 Å². The summed E-state index contributed by atoms with van der Waals surface area (Å²) in [7, 11) is 0. The van der Waals surface area contributed by atoms with Crippen LogP contribution >= 0.6 is 0 Å². The van der Waals surface area contributed by atoms with Crippen LogP contribution < -0.4 is 15.6 Å². The van der Waals surface area contributed by atoms with Gasteiger partial charge in [-0.15, -0.1) is 0 Å². The Morgan fingerprint density at radius 3 is 2.12 bits per heavy atom. The van der Waals surface area contributed by atoms with Crippen molar-refractivity contribution in [3.05, 3.63) is 65.5 Å². The van der Waals surface area contributed by atoms with E-state index in [-0.39, 0.29) is 18.8 Å². The van der Waals surface area contributed by atoms with E-state index >= 15 is 0 Å². The molecule has 2 rings (SSSR count). The van der Waals surface area contributed by atoms with Gasteiger partial charge in [0.15, 0.2) is 6.61 Å². The molecule has 5 nitrogen and oxygen atoms in total. The lowest BCUT2D eigenvalue weighted by molar-refractivity contribution is -0.129. The molecule has 0 unspecified atom stereocenters. The maximum atomic E-state index is 12.8. The highest BCUT2D eigenvalue weighted by molar-refractivity contribution is 5.83. The first-order chi connectivity index (χ1) is 11.6. The largest absolute Gasteiger partial charge is 0.484 e. The van der Waals surface area contributed by atoms with Gasteiger partial charge >= 0.3 is 0 Å². The minimum absolute atomic E-state index is 0.0416. The number of carbonyl (C=O) groups excluding carboxylic acids is 2. The zero-order valence-electron chi connectivity index (χ0n) is 13.3. The van der Waals surface area contributed by atoms with Crippen molar-refractivity contribution >= 4 is 11.8 Å². The van der Waals surface area contributed by atoms with Gasteiger partial charge in [-0.05, 0) is 41.8 Å². The van der Waals surface area contributed by atoms with Gasteiger partial charge < -0.3 is 4.74 Å². The Bertz CT molecular complexity index is 684. The van der Waals surface area contributed by atoms with Crippen molar-refractivity contribution in [3.8, 4) is 5.75 Å². The van der Waals surface area contributed by atoms with Crippen LogP contribution in [0.25, 0.3) is 0 Å². The van der Waals surface area contributed by atoms with Gasteiger partial charge in [0.1, 0.15) is 11.6 Å². The maximum absolute atomic E-state index is 12.8. The average Bonchev–Trinajstić information content (AvgIpc) is 2.60. The van der Waals surface area contributed by atoms with Crippen LogP contribution in [0.1, 0.15) is 18.1 Å². The summed E-state index contributed by atoms with van der Waals surface area (Å²) >= 11 is 0. The minimum atomic E-state index is -0.470. The Morgan fingerprint density at radius 1 is 0.917 bits per heavy atom. The number of hydrogen-bond donors (Lipinski definition) is 2. The summed E-state index contributed by atoms with van der Waals surface area (Å²) in [6.45, 7) is 1.85. The lowest BCUT2D eigenvalue weighted by atomic mass is 10.1. The number of benzene rings is 2. The Labute approximate surface area is 139 Å². The number of amides is 2. The molecule has 0 saturated carbocycles. The van der Waals surface area contributed by atoms with Gasteiger partial charge in [-0.3, -0.25) is 20.4 Å². The predicted octanol–water partition coefficient (Wildman–Crippen LogP) is 2.16. The summed E-state index contributed by atoms with van der Waals surface area (Å²) in [5, 5.41) is 0. The van der Waals surface area contributed by atoms with E-state index in [0.717, 1.165) is 6.42 Å². The second-order valence-corrected chi connectivity index (χ2v) is 5.19. The molecule has 6 heteroatoms. The van der Waals surface area contributed by atoms with E-state index in [1.807, 2.05) is 12.1 Å². The third-order valence-electron chi connectivity index (χ3n) is 3.32. The predicted molar refractivity (Wildman–Crippen MR) is 87.7 cm³/mol. The molecule has 0 atom stereocenters. The van der Waals surface area contributed by atoms with Crippen LogP contribution in [0.4, 0.5) is 4.39 Å². The summed E-state index contributed by atoms with van der Waals surface area (Å²) in [6.07, 6.45) is 0.973. The highest BCUT2D eigenvalue weighted by Crippen LogP contribution is 2.12. The van der Waals surface area contributed by atoms with Crippen LogP contribution in [0, 0.1) is 5.82 Å². The SMILES string of the molecule is CCc1ccc(OCC(=O)NNC(=O)Cc2ccc(F)cc2)cc1. The number of aryl methyl sites for hydroxylation is 1. The molecule has 2 N–H and O–H groups in total. The smallest absolute Gasteiger partial charge is 0.276 e. The molecule has 2 aromatic carbocycles. The fraction of sp³-hybridized carbons (Fsp3) is 0.222. The van der Waals surface area contributed by atoms with E-state index in [2.05, 4.69) is 17.8 Å². The zero-order chi connectivity index (χ0) is 17.4. The van der Waals surface area contributed by atoms with E-state index < -0.39 is 11.8 Å². The Hall–Kier alpha value is -2.89. The molecule has 0 bridgehead atoms. The van der Waals surface area contributed by atoms with Gasteiger partial charge in [0.05, 0.1) is 6.42 Å². The molecular weight excluding hydrogens is 311 g/mol. The molecule has 0 spiro atoms. The monoisotopic (exact) mass is 330 g/mol. The van der Waals surface area contributed by atoms with Crippen molar-refractivity contribution in [1.29, 1.82) is 0 Å². The molecule has 2 aromatic rings. The Balaban J connectivity index is 1.70. The maximum Gasteiger partial charge on any atom is 0.276 e. The number of nitrogens with one attached hydrogen (secondary N) is 2. The second kappa shape index (κ2) is 8.67. The molecule has 0 aromatic heterocycles. The molecule has 0 aliphatic rings. The fourth-order valence-electron chi connectivity index (χ4n) is 1.98. The summed E-state index contributed by atoms with van der Waals surface area (Å²) in [4.78, 5) is 23.3. The zero-order valence-corrected chi connectivity index (χ0v) is 13.3. The van der Waals surface area contributed by atoms with Crippen LogP contribution in [0.3, 0.4) is 0 Å². The lowest BCUT2D eigenvalue weighted by Crippen LogP contribution is -2.44. The van der Waals surface area contributed by atoms with Crippen LogP contribution in [0.15, 0.2) is 48.5 Å². The number of hydrazine groups is 1. The molecular formula is C18H19FN2O3. The van der Waals surface area contributed by atoms with E-state index in [1.165, 1.54) is 29.8 Å². The average molecular weight is 330 g/mol. The quantitative estimate of drug-likeness (QED) is 0.798. The molecule has 0 heterocycles. The van der Waals surface area contributed by atoms with E-state index in [9.17, 15) is 14.0 Å². The van der Waals surface area contributed by atoms with E-state index in [0.29, 0.717) is 11.3 Å². The highest BCUT2D eigenvalue weighted by Gasteiger charge is 2.07. The molecule has 2 amide bonds. The topological polar surface area (TPSA) is 67.4 Å². The van der Waals surface area contributed by atoms with Crippen LogP contribution in [0.2, 0.25) is 0 Å². The van der Waals surface area contributed by atoms with Gasteiger partial charge in [-0.2, -0.15) is 0 Å². The van der Waals surface area contributed by atoms with Gasteiger partial charge in [-0.1, -0.05) is 31.2 Å². The van der Waals surface area contributed by atoms with Crippen molar-refractivity contribution in [2.45, 2.75) is 19.8 Å². The van der Waals surface area contributed by atoms with Crippen molar-refractivity contribution in [3.63, 3.8) is 0 Å². The fourth-order valence-corrected chi connectivity index (χ4v) is 1.98. The van der Waals surface area contributed by atoms with Crippen LogP contribution in [-0.2, 0) is 22.4 Å². The summed E-state index contributed by atoms with van der Waals surface area (Å²) in [5.74, 6) is -0.652. The normalized spacial score (nSPS) is 10.1. The van der Waals surface area contributed by atoms with Crippen molar-refractivity contribution in [2.24, 2.45) is 0 Å². The number of rotatable bonds is 6. The third kappa shape index (κ3) is 5.72. The number of carbonyl (C=O) groups is 2. The van der Waals surface area contributed by atoms with Crippen LogP contribution in [-0.4, -0.2) is 18.4 Å². The third-order valence-corrected chi connectivity index (χ3v) is 3.32. The van der Waals surface area contributed by atoms with Gasteiger partial charge in [0, 0.05) is 0 Å². The summed E-state index contributed by atoms with van der Waals surface area (Å²) in [5.41, 5.74) is 6.39. The summed E-state index contributed by atoms with van der Waals surface area (Å²) < 4.78 is 18.1. The van der Waals surface area contributed by atoms with Crippen molar-refractivity contribution < 1.29 is 18.7 Å². The molecule has 0 aliphatic heterocycles. The first-order valence-corrected chi connectivity index (χ1v) is 7.60. The van der Waals surface area contributed by atoms with Crippen molar-refractivity contribution in [1.82, 2.24) is 10.9 Å². The number of hydrogen-bond acceptors (Lipinski definition) is 3. The molecule has 0 saturated heterocycles. The molecule has 0 radical (unpaired) electrons. The van der Waals surface area contributed by atoms with Crippen molar-refractivity contribution in [2.75, 3.05) is 6.61 Å². The molecule has 126 valence electrons. The minimum Gasteiger partial charge on any atom is -0.484 e. The Kier molecular flexibility index (Phi) is 6.31. The highest BCUT2D eigenvalue weighted by atomic mass is 19.1. The van der Waals surface area contributed by atoms with E-state index in [1.54, 1.807) is 12.1 Å². The van der Waals surface area contributed by atoms with Crippen LogP contribution in [0.5, 0.6) is 5.75 Å². The first kappa shape index (κ1) is 17.5.